The van der Waals surface area contributed by atoms with E-state index in [2.05, 4.69) is 9.88 Å². The molecule has 0 aliphatic carbocycles. The number of carbonyl (C=O) groups is 1. The van der Waals surface area contributed by atoms with Crippen LogP contribution < -0.4 is 0 Å². The van der Waals surface area contributed by atoms with Gasteiger partial charge in [0.25, 0.3) is 0 Å². The quantitative estimate of drug-likeness (QED) is 0.812. The summed E-state index contributed by atoms with van der Waals surface area (Å²) in [5.74, 6) is 0.276. The minimum atomic E-state index is 0.0434. The first-order chi connectivity index (χ1) is 9.26. The Morgan fingerprint density at radius 1 is 1.42 bits per heavy atom. The van der Waals surface area contributed by atoms with Crippen LogP contribution >= 0.6 is 0 Å². The number of hydrogen-bond donors (Lipinski definition) is 0. The summed E-state index contributed by atoms with van der Waals surface area (Å²) in [6, 6.07) is 5.99. The van der Waals surface area contributed by atoms with Crippen LogP contribution in [-0.2, 0) is 11.3 Å². The SMILES string of the molecule is CCN(CC)C(=O)[C@@H]1CCCN1Cc1ccccn1. The average Bonchev–Trinajstić information content (AvgIpc) is 2.89. The number of nitrogens with zero attached hydrogens (tertiary/aromatic N) is 3. The summed E-state index contributed by atoms with van der Waals surface area (Å²) in [6.45, 7) is 7.44. The van der Waals surface area contributed by atoms with Gasteiger partial charge in [0.2, 0.25) is 5.91 Å². The molecule has 4 heteroatoms. The van der Waals surface area contributed by atoms with Gasteiger partial charge in [0, 0.05) is 25.8 Å². The number of aromatic nitrogens is 1. The van der Waals surface area contributed by atoms with E-state index < -0.39 is 0 Å². The monoisotopic (exact) mass is 261 g/mol. The molecule has 0 radical (unpaired) electrons. The second-order valence-electron chi connectivity index (χ2n) is 4.96. The molecule has 1 fully saturated rings. The summed E-state index contributed by atoms with van der Waals surface area (Å²) in [6.07, 6.45) is 3.89. The molecule has 1 amide bonds. The Bertz CT molecular complexity index is 403. The third-order valence-corrected chi connectivity index (χ3v) is 3.82. The molecule has 1 aliphatic rings. The first-order valence-corrected chi connectivity index (χ1v) is 7.19. The van der Waals surface area contributed by atoms with Gasteiger partial charge in [-0.25, -0.2) is 0 Å². The molecule has 19 heavy (non-hydrogen) atoms. The molecule has 4 nitrogen and oxygen atoms in total. The summed E-state index contributed by atoms with van der Waals surface area (Å²) in [5.41, 5.74) is 1.04. The lowest BCUT2D eigenvalue weighted by Gasteiger charge is -2.28. The molecule has 0 bridgehead atoms. The molecule has 0 aromatic carbocycles. The van der Waals surface area contributed by atoms with Gasteiger partial charge in [0.1, 0.15) is 0 Å². The van der Waals surface area contributed by atoms with Crippen molar-refractivity contribution in [2.75, 3.05) is 19.6 Å². The highest BCUT2D eigenvalue weighted by molar-refractivity contribution is 5.82. The van der Waals surface area contributed by atoms with Gasteiger partial charge < -0.3 is 4.90 Å². The zero-order chi connectivity index (χ0) is 13.7. The first-order valence-electron chi connectivity index (χ1n) is 7.19. The van der Waals surface area contributed by atoms with Gasteiger partial charge >= 0.3 is 0 Å². The molecule has 0 unspecified atom stereocenters. The van der Waals surface area contributed by atoms with Gasteiger partial charge in [-0.15, -0.1) is 0 Å². The lowest BCUT2D eigenvalue weighted by Crippen LogP contribution is -2.45. The van der Waals surface area contributed by atoms with Gasteiger partial charge in [0.05, 0.1) is 11.7 Å². The van der Waals surface area contributed by atoms with E-state index in [1.54, 1.807) is 0 Å². The molecule has 2 heterocycles. The molecular weight excluding hydrogens is 238 g/mol. The molecule has 1 saturated heterocycles. The summed E-state index contributed by atoms with van der Waals surface area (Å²) in [5, 5.41) is 0. The van der Waals surface area contributed by atoms with Crippen molar-refractivity contribution in [3.63, 3.8) is 0 Å². The molecule has 1 aromatic rings. The molecule has 1 aromatic heterocycles. The van der Waals surface area contributed by atoms with Gasteiger partial charge in [-0.3, -0.25) is 14.7 Å². The molecule has 1 atom stereocenters. The van der Waals surface area contributed by atoms with Crippen molar-refractivity contribution in [3.8, 4) is 0 Å². The van der Waals surface area contributed by atoms with Crippen LogP contribution in [0.1, 0.15) is 32.4 Å². The fourth-order valence-corrected chi connectivity index (χ4v) is 2.74. The number of amides is 1. The summed E-state index contributed by atoms with van der Waals surface area (Å²) >= 11 is 0. The van der Waals surface area contributed by atoms with Gasteiger partial charge in [-0.1, -0.05) is 6.07 Å². The topological polar surface area (TPSA) is 36.4 Å². The molecule has 0 N–H and O–H groups in total. The average molecular weight is 261 g/mol. The predicted molar refractivity (Wildman–Crippen MR) is 75.6 cm³/mol. The van der Waals surface area contributed by atoms with Crippen LogP contribution in [-0.4, -0.2) is 46.4 Å². The van der Waals surface area contributed by atoms with E-state index in [0.29, 0.717) is 0 Å². The van der Waals surface area contributed by atoms with Crippen molar-refractivity contribution in [1.29, 1.82) is 0 Å². The Morgan fingerprint density at radius 2 is 2.21 bits per heavy atom. The minimum Gasteiger partial charge on any atom is -0.342 e. The first kappa shape index (κ1) is 14.0. The van der Waals surface area contributed by atoms with Crippen molar-refractivity contribution < 1.29 is 4.79 Å². The zero-order valence-electron chi connectivity index (χ0n) is 11.9. The van der Waals surface area contributed by atoms with Gasteiger partial charge in [0.15, 0.2) is 0 Å². The van der Waals surface area contributed by atoms with Crippen LogP contribution in [0.5, 0.6) is 0 Å². The second kappa shape index (κ2) is 6.66. The van der Waals surface area contributed by atoms with E-state index in [9.17, 15) is 4.79 Å². The van der Waals surface area contributed by atoms with E-state index >= 15 is 0 Å². The van der Waals surface area contributed by atoms with Crippen LogP contribution in [0.15, 0.2) is 24.4 Å². The summed E-state index contributed by atoms with van der Waals surface area (Å²) in [7, 11) is 0. The lowest BCUT2D eigenvalue weighted by molar-refractivity contribution is -0.135. The number of likely N-dealkylation sites (N-methyl/N-ethyl adjacent to an activating group) is 1. The van der Waals surface area contributed by atoms with Crippen LogP contribution in [0.25, 0.3) is 0 Å². The van der Waals surface area contributed by atoms with E-state index in [-0.39, 0.29) is 11.9 Å². The smallest absolute Gasteiger partial charge is 0.239 e. The van der Waals surface area contributed by atoms with Gasteiger partial charge in [-0.2, -0.15) is 0 Å². The molecule has 1 aliphatic heterocycles. The molecule has 104 valence electrons. The Kier molecular flexibility index (Phi) is 4.91. The van der Waals surface area contributed by atoms with Crippen molar-refractivity contribution in [2.45, 2.75) is 39.3 Å². The van der Waals surface area contributed by atoms with E-state index in [1.165, 1.54) is 0 Å². The number of pyridine rings is 1. The van der Waals surface area contributed by atoms with Crippen molar-refractivity contribution >= 4 is 5.91 Å². The zero-order valence-corrected chi connectivity index (χ0v) is 11.9. The van der Waals surface area contributed by atoms with Crippen molar-refractivity contribution in [2.24, 2.45) is 0 Å². The standard InChI is InChI=1S/C15H23N3O/c1-3-17(4-2)15(19)14-9-7-11-18(14)12-13-8-5-6-10-16-13/h5-6,8,10,14H,3-4,7,9,11-12H2,1-2H3/t14-/m0/s1. The Hall–Kier alpha value is -1.42. The normalized spacial score (nSPS) is 19.6. The van der Waals surface area contributed by atoms with E-state index in [0.717, 1.165) is 44.7 Å². The Balaban J connectivity index is 2.02. The second-order valence-corrected chi connectivity index (χ2v) is 4.96. The predicted octanol–water partition coefficient (Wildman–Crippen LogP) is 1.91. The Labute approximate surface area is 115 Å². The lowest BCUT2D eigenvalue weighted by atomic mass is 10.2. The summed E-state index contributed by atoms with van der Waals surface area (Å²) < 4.78 is 0. The molecule has 0 spiro atoms. The minimum absolute atomic E-state index is 0.0434. The maximum Gasteiger partial charge on any atom is 0.239 e. The third-order valence-electron chi connectivity index (χ3n) is 3.82. The molecule has 0 saturated carbocycles. The highest BCUT2D eigenvalue weighted by Crippen LogP contribution is 2.21. The highest BCUT2D eigenvalue weighted by atomic mass is 16.2. The van der Waals surface area contributed by atoms with Crippen molar-refractivity contribution in [3.05, 3.63) is 30.1 Å². The Morgan fingerprint density at radius 3 is 2.84 bits per heavy atom. The van der Waals surface area contributed by atoms with E-state index in [4.69, 9.17) is 0 Å². The van der Waals surface area contributed by atoms with Gasteiger partial charge in [-0.05, 0) is 45.4 Å². The largest absolute Gasteiger partial charge is 0.342 e. The van der Waals surface area contributed by atoms with Crippen LogP contribution in [0.3, 0.4) is 0 Å². The van der Waals surface area contributed by atoms with Crippen LogP contribution in [0.2, 0.25) is 0 Å². The third kappa shape index (κ3) is 3.32. The molecular formula is C15H23N3O. The maximum atomic E-state index is 12.5. The fraction of sp³-hybridized carbons (Fsp3) is 0.600. The van der Waals surface area contributed by atoms with Crippen LogP contribution in [0, 0.1) is 0 Å². The number of carbonyl (C=O) groups excluding carboxylic acids is 1. The van der Waals surface area contributed by atoms with E-state index in [1.807, 2.05) is 43.1 Å². The molecule has 2 rings (SSSR count). The number of likely N-dealkylation sites (tertiary alicyclic amines) is 1. The number of rotatable bonds is 5. The van der Waals surface area contributed by atoms with Crippen LogP contribution in [0.4, 0.5) is 0 Å². The number of hydrogen-bond acceptors (Lipinski definition) is 3. The maximum absolute atomic E-state index is 12.5. The highest BCUT2D eigenvalue weighted by Gasteiger charge is 2.32. The fourth-order valence-electron chi connectivity index (χ4n) is 2.74. The van der Waals surface area contributed by atoms with Crippen molar-refractivity contribution in [1.82, 2.24) is 14.8 Å². The summed E-state index contributed by atoms with van der Waals surface area (Å²) in [4.78, 5) is 21.0.